The van der Waals surface area contributed by atoms with E-state index in [9.17, 15) is 8.42 Å². The van der Waals surface area contributed by atoms with Crippen LogP contribution >= 0.6 is 0 Å². The Morgan fingerprint density at radius 2 is 1.82 bits per heavy atom. The first kappa shape index (κ1) is 22.7. The maximum Gasteiger partial charge on any atom is 0.264 e. The molecule has 4 aromatic rings. The molecule has 4 rings (SSSR count). The molecule has 0 fully saturated rings. The largest absolute Gasteiger partial charge is 0.394 e. The highest BCUT2D eigenvalue weighted by molar-refractivity contribution is 7.92. The van der Waals surface area contributed by atoms with Gasteiger partial charge in [0.15, 0.2) is 0 Å². The fraction of sp³-hybridized carbons (Fsp3) is 0.217. The zero-order valence-corrected chi connectivity index (χ0v) is 19.0. The van der Waals surface area contributed by atoms with E-state index in [0.717, 1.165) is 11.1 Å². The average Bonchev–Trinajstić information content (AvgIpc) is 3.41. The Morgan fingerprint density at radius 3 is 2.52 bits per heavy atom. The number of aromatic nitrogens is 3. The van der Waals surface area contributed by atoms with Gasteiger partial charge in [0.2, 0.25) is 5.88 Å². The van der Waals surface area contributed by atoms with Gasteiger partial charge >= 0.3 is 0 Å². The smallest absolute Gasteiger partial charge is 0.264 e. The fourth-order valence-corrected chi connectivity index (χ4v) is 4.60. The van der Waals surface area contributed by atoms with Crippen LogP contribution in [0.2, 0.25) is 0 Å². The Kier molecular flexibility index (Phi) is 6.59. The van der Waals surface area contributed by atoms with Crippen LogP contribution in [0.25, 0.3) is 22.5 Å². The second kappa shape index (κ2) is 9.57. The molecule has 0 aliphatic heterocycles. The molecular weight excluding hydrogens is 444 g/mol. The summed E-state index contributed by atoms with van der Waals surface area (Å²) in [6.07, 6.45) is 3.47. The number of ether oxygens (including phenoxy) is 1. The van der Waals surface area contributed by atoms with E-state index in [1.54, 1.807) is 50.5 Å². The van der Waals surface area contributed by atoms with Crippen molar-refractivity contribution in [3.63, 3.8) is 0 Å². The average molecular weight is 469 g/mol. The van der Waals surface area contributed by atoms with Gasteiger partial charge in [0.05, 0.1) is 23.8 Å². The molecule has 0 atom stereocenters. The van der Waals surface area contributed by atoms with E-state index in [0.29, 0.717) is 22.6 Å². The van der Waals surface area contributed by atoms with Gasteiger partial charge in [0, 0.05) is 29.1 Å². The third kappa shape index (κ3) is 4.82. The maximum absolute atomic E-state index is 13.1. The van der Waals surface area contributed by atoms with Gasteiger partial charge in [-0.25, -0.2) is 18.1 Å². The van der Waals surface area contributed by atoms with E-state index >= 15 is 0 Å². The van der Waals surface area contributed by atoms with Crippen molar-refractivity contribution in [3.05, 3.63) is 72.2 Å². The van der Waals surface area contributed by atoms with Gasteiger partial charge in [-0.1, -0.05) is 47.6 Å². The van der Waals surface area contributed by atoms with Crippen molar-refractivity contribution in [2.45, 2.75) is 25.5 Å². The number of sulfonamides is 1. The van der Waals surface area contributed by atoms with Crippen molar-refractivity contribution >= 4 is 15.9 Å². The number of aliphatic hydroxyl groups is 1. The van der Waals surface area contributed by atoms with E-state index in [2.05, 4.69) is 14.9 Å². The zero-order chi connectivity index (χ0) is 23.4. The van der Waals surface area contributed by atoms with Crippen molar-refractivity contribution < 1.29 is 22.8 Å². The zero-order valence-electron chi connectivity index (χ0n) is 18.2. The molecule has 0 aliphatic rings. The maximum atomic E-state index is 13.1. The highest BCUT2D eigenvalue weighted by Crippen LogP contribution is 2.31. The Balaban J connectivity index is 1.63. The summed E-state index contributed by atoms with van der Waals surface area (Å²) in [6.45, 7) is 3.95. The molecule has 0 saturated carbocycles. The Labute approximate surface area is 191 Å². The molecule has 0 saturated heterocycles. The van der Waals surface area contributed by atoms with Crippen molar-refractivity contribution in [3.8, 4) is 22.5 Å². The van der Waals surface area contributed by atoms with Crippen LogP contribution in [0.4, 0.5) is 5.88 Å². The number of benzene rings is 2. The standard InChI is InChI=1S/C23H24N4O5S/c1-16-17(2)25-32-23(16)26-33(29,30)21-6-4-3-5-20(21)18-7-9-19(10-8-18)22-24-11-12-27(22)15-31-14-13-28/h3-12,26,28H,13-15H2,1-2H3. The number of aliphatic hydroxyl groups excluding tert-OH is 1. The van der Waals surface area contributed by atoms with Crippen molar-refractivity contribution in [2.75, 3.05) is 17.9 Å². The van der Waals surface area contributed by atoms with Crippen LogP contribution in [0.15, 0.2) is 70.3 Å². The molecule has 10 heteroatoms. The van der Waals surface area contributed by atoms with E-state index in [1.165, 1.54) is 0 Å². The number of nitrogens with one attached hydrogen (secondary N) is 1. The summed E-state index contributed by atoms with van der Waals surface area (Å²) >= 11 is 0. The molecule has 0 amide bonds. The second-order valence-corrected chi connectivity index (χ2v) is 9.03. The first-order chi connectivity index (χ1) is 15.9. The first-order valence-electron chi connectivity index (χ1n) is 10.3. The van der Waals surface area contributed by atoms with Crippen LogP contribution < -0.4 is 4.72 Å². The number of anilines is 1. The molecule has 2 aromatic carbocycles. The normalized spacial score (nSPS) is 11.6. The molecule has 0 bridgehead atoms. The minimum absolute atomic E-state index is 0.0501. The van der Waals surface area contributed by atoms with Gasteiger partial charge in [-0.3, -0.25) is 0 Å². The first-order valence-corrected chi connectivity index (χ1v) is 11.7. The molecule has 33 heavy (non-hydrogen) atoms. The third-order valence-corrected chi connectivity index (χ3v) is 6.59. The quantitative estimate of drug-likeness (QED) is 0.360. The Hall–Kier alpha value is -3.47. The number of nitrogens with zero attached hydrogens (tertiary/aromatic N) is 3. The van der Waals surface area contributed by atoms with Gasteiger partial charge in [-0.2, -0.15) is 0 Å². The molecule has 9 nitrogen and oxygen atoms in total. The molecule has 0 unspecified atom stereocenters. The van der Waals surface area contributed by atoms with Crippen molar-refractivity contribution in [1.82, 2.24) is 14.7 Å². The summed E-state index contributed by atoms with van der Waals surface area (Å²) < 4.78 is 41.1. The highest BCUT2D eigenvalue weighted by atomic mass is 32.2. The summed E-state index contributed by atoms with van der Waals surface area (Å²) in [6, 6.07) is 14.2. The topological polar surface area (TPSA) is 119 Å². The number of aryl methyl sites for hydroxylation is 1. The van der Waals surface area contributed by atoms with Crippen LogP contribution in [0.1, 0.15) is 11.3 Å². The summed E-state index contributed by atoms with van der Waals surface area (Å²) in [5, 5.41) is 12.7. The Bertz CT molecular complexity index is 1340. The molecular formula is C23H24N4O5S. The number of hydrogen-bond donors (Lipinski definition) is 2. The van der Waals surface area contributed by atoms with Crippen LogP contribution in [-0.2, 0) is 21.5 Å². The van der Waals surface area contributed by atoms with E-state index < -0.39 is 10.0 Å². The van der Waals surface area contributed by atoms with Gasteiger partial charge in [-0.05, 0) is 25.5 Å². The monoisotopic (exact) mass is 468 g/mol. The molecule has 0 aliphatic carbocycles. The summed E-state index contributed by atoms with van der Waals surface area (Å²) in [7, 11) is -3.91. The minimum Gasteiger partial charge on any atom is -0.394 e. The number of rotatable bonds is 9. The summed E-state index contributed by atoms with van der Waals surface area (Å²) in [5.41, 5.74) is 3.40. The van der Waals surface area contributed by atoms with Crippen molar-refractivity contribution in [2.24, 2.45) is 0 Å². The minimum atomic E-state index is -3.91. The predicted molar refractivity (Wildman–Crippen MR) is 123 cm³/mol. The number of imidazole rings is 1. The molecule has 2 heterocycles. The van der Waals surface area contributed by atoms with Crippen LogP contribution in [-0.4, -0.2) is 41.4 Å². The second-order valence-electron chi connectivity index (χ2n) is 7.38. The lowest BCUT2D eigenvalue weighted by Crippen LogP contribution is -2.14. The lowest BCUT2D eigenvalue weighted by atomic mass is 10.0. The van der Waals surface area contributed by atoms with Crippen LogP contribution in [0, 0.1) is 13.8 Å². The van der Waals surface area contributed by atoms with Crippen molar-refractivity contribution in [1.29, 1.82) is 0 Å². The summed E-state index contributed by atoms with van der Waals surface area (Å²) in [4.78, 5) is 4.51. The molecule has 0 radical (unpaired) electrons. The summed E-state index contributed by atoms with van der Waals surface area (Å²) in [5.74, 6) is 0.811. The predicted octanol–water partition coefficient (Wildman–Crippen LogP) is 3.59. The van der Waals surface area contributed by atoms with Gasteiger partial charge in [0.1, 0.15) is 12.6 Å². The lowest BCUT2D eigenvalue weighted by molar-refractivity contribution is 0.0490. The highest BCUT2D eigenvalue weighted by Gasteiger charge is 2.22. The van der Waals surface area contributed by atoms with Crippen LogP contribution in [0.5, 0.6) is 0 Å². The van der Waals surface area contributed by atoms with Gasteiger partial charge in [-0.15, -0.1) is 0 Å². The Morgan fingerprint density at radius 1 is 1.09 bits per heavy atom. The number of hydrogen-bond acceptors (Lipinski definition) is 7. The molecule has 0 spiro atoms. The van der Waals surface area contributed by atoms with Gasteiger partial charge < -0.3 is 18.9 Å². The van der Waals surface area contributed by atoms with E-state index in [1.807, 2.05) is 28.8 Å². The SMILES string of the molecule is Cc1noc(NS(=O)(=O)c2ccccc2-c2ccc(-c3nccn3COCCO)cc2)c1C. The molecule has 2 aromatic heterocycles. The van der Waals surface area contributed by atoms with E-state index in [-0.39, 0.29) is 30.7 Å². The van der Waals surface area contributed by atoms with Crippen LogP contribution in [0.3, 0.4) is 0 Å². The van der Waals surface area contributed by atoms with Gasteiger partial charge in [0.25, 0.3) is 10.0 Å². The molecule has 172 valence electrons. The molecule has 2 N–H and O–H groups in total. The lowest BCUT2D eigenvalue weighted by Gasteiger charge is -2.12. The fourth-order valence-electron chi connectivity index (χ4n) is 3.33. The third-order valence-electron chi connectivity index (χ3n) is 5.20. The van der Waals surface area contributed by atoms with E-state index in [4.69, 9.17) is 14.4 Å².